The SMILES string of the molecule is CCCNC(=O)NCCC(C)(C)CCC(=O)O. The molecule has 0 aromatic heterocycles. The fourth-order valence-corrected chi connectivity index (χ4v) is 1.39. The molecule has 0 saturated heterocycles. The van der Waals surface area contributed by atoms with E-state index in [1.807, 2.05) is 20.8 Å². The van der Waals surface area contributed by atoms with Crippen LogP contribution in [0, 0.1) is 5.41 Å². The van der Waals surface area contributed by atoms with E-state index in [2.05, 4.69) is 10.6 Å². The maximum atomic E-state index is 11.2. The molecule has 0 unspecified atom stereocenters. The Hall–Kier alpha value is -1.26. The summed E-state index contributed by atoms with van der Waals surface area (Å²) in [4.78, 5) is 21.7. The molecule has 100 valence electrons. The fourth-order valence-electron chi connectivity index (χ4n) is 1.39. The van der Waals surface area contributed by atoms with Crippen LogP contribution in [0.3, 0.4) is 0 Å². The second-order valence-corrected chi connectivity index (χ2v) is 4.99. The number of carboxylic acids is 1. The van der Waals surface area contributed by atoms with Gasteiger partial charge in [0.1, 0.15) is 0 Å². The van der Waals surface area contributed by atoms with Crippen LogP contribution in [0.15, 0.2) is 0 Å². The van der Waals surface area contributed by atoms with Gasteiger partial charge < -0.3 is 15.7 Å². The Morgan fingerprint density at radius 1 is 1.12 bits per heavy atom. The normalized spacial score (nSPS) is 11.0. The summed E-state index contributed by atoms with van der Waals surface area (Å²) in [7, 11) is 0. The van der Waals surface area contributed by atoms with Crippen LogP contribution in [0.2, 0.25) is 0 Å². The quantitative estimate of drug-likeness (QED) is 0.611. The second kappa shape index (κ2) is 7.92. The zero-order valence-electron chi connectivity index (χ0n) is 11.0. The number of hydrogen-bond donors (Lipinski definition) is 3. The Kier molecular flexibility index (Phi) is 7.34. The number of rotatable bonds is 8. The molecule has 17 heavy (non-hydrogen) atoms. The maximum absolute atomic E-state index is 11.2. The van der Waals surface area contributed by atoms with Crippen molar-refractivity contribution in [3.8, 4) is 0 Å². The van der Waals surface area contributed by atoms with Crippen LogP contribution < -0.4 is 10.6 Å². The number of amides is 2. The van der Waals surface area contributed by atoms with Gasteiger partial charge in [-0.1, -0.05) is 20.8 Å². The molecule has 0 saturated carbocycles. The zero-order valence-corrected chi connectivity index (χ0v) is 11.0. The number of nitrogens with one attached hydrogen (secondary N) is 2. The molecular formula is C12H24N2O3. The Morgan fingerprint density at radius 3 is 2.24 bits per heavy atom. The molecule has 3 N–H and O–H groups in total. The molecule has 0 atom stereocenters. The van der Waals surface area contributed by atoms with Crippen LogP contribution in [-0.4, -0.2) is 30.2 Å². The van der Waals surface area contributed by atoms with Gasteiger partial charge in [-0.3, -0.25) is 4.79 Å². The van der Waals surface area contributed by atoms with E-state index in [1.54, 1.807) is 0 Å². The third-order valence-electron chi connectivity index (χ3n) is 2.64. The van der Waals surface area contributed by atoms with Crippen LogP contribution in [0.25, 0.3) is 0 Å². The highest BCUT2D eigenvalue weighted by molar-refractivity contribution is 5.73. The minimum absolute atomic E-state index is 0.0591. The standard InChI is InChI=1S/C12H24N2O3/c1-4-8-13-11(17)14-9-7-12(2,3)6-5-10(15)16/h4-9H2,1-3H3,(H,15,16)(H2,13,14,17). The molecule has 0 aromatic carbocycles. The first-order valence-corrected chi connectivity index (χ1v) is 6.11. The molecule has 5 heteroatoms. The van der Waals surface area contributed by atoms with Gasteiger partial charge >= 0.3 is 12.0 Å². The molecule has 0 rings (SSSR count). The lowest BCUT2D eigenvalue weighted by Gasteiger charge is -2.23. The first-order valence-electron chi connectivity index (χ1n) is 6.11. The van der Waals surface area contributed by atoms with E-state index in [1.165, 1.54) is 0 Å². The molecule has 0 spiro atoms. The predicted octanol–water partition coefficient (Wildman–Crippen LogP) is 1.98. The van der Waals surface area contributed by atoms with Crippen molar-refractivity contribution < 1.29 is 14.7 Å². The van der Waals surface area contributed by atoms with Gasteiger partial charge in [0.05, 0.1) is 0 Å². The molecule has 2 amide bonds. The summed E-state index contributed by atoms with van der Waals surface area (Å²) in [6.07, 6.45) is 2.49. The van der Waals surface area contributed by atoms with E-state index in [0.717, 1.165) is 12.8 Å². The zero-order chi connectivity index (χ0) is 13.3. The molecule has 0 heterocycles. The largest absolute Gasteiger partial charge is 0.481 e. The van der Waals surface area contributed by atoms with Crippen LogP contribution in [0.5, 0.6) is 0 Å². The second-order valence-electron chi connectivity index (χ2n) is 4.99. The maximum Gasteiger partial charge on any atom is 0.314 e. The molecule has 0 aliphatic carbocycles. The van der Waals surface area contributed by atoms with Crippen LogP contribution in [0.1, 0.15) is 46.5 Å². The van der Waals surface area contributed by atoms with Gasteiger partial charge in [0.25, 0.3) is 0 Å². The number of hydrogen-bond acceptors (Lipinski definition) is 2. The van der Waals surface area contributed by atoms with Gasteiger partial charge in [-0.2, -0.15) is 0 Å². The molecule has 0 aliphatic heterocycles. The van der Waals surface area contributed by atoms with Crippen molar-refractivity contribution in [2.45, 2.75) is 46.5 Å². The van der Waals surface area contributed by atoms with Crippen LogP contribution in [-0.2, 0) is 4.79 Å². The smallest absolute Gasteiger partial charge is 0.314 e. The average Bonchev–Trinajstić information content (AvgIpc) is 2.23. The molecule has 0 radical (unpaired) electrons. The highest BCUT2D eigenvalue weighted by Gasteiger charge is 2.18. The van der Waals surface area contributed by atoms with Gasteiger partial charge in [0, 0.05) is 19.5 Å². The van der Waals surface area contributed by atoms with Crippen molar-refractivity contribution in [3.05, 3.63) is 0 Å². The summed E-state index contributed by atoms with van der Waals surface area (Å²) < 4.78 is 0. The monoisotopic (exact) mass is 244 g/mol. The summed E-state index contributed by atoms with van der Waals surface area (Å²) in [5.74, 6) is -0.772. The summed E-state index contributed by atoms with van der Waals surface area (Å²) >= 11 is 0. The van der Waals surface area contributed by atoms with Crippen molar-refractivity contribution in [3.63, 3.8) is 0 Å². The minimum atomic E-state index is -0.772. The van der Waals surface area contributed by atoms with E-state index in [9.17, 15) is 9.59 Å². The van der Waals surface area contributed by atoms with Crippen LogP contribution in [0.4, 0.5) is 4.79 Å². The highest BCUT2D eigenvalue weighted by Crippen LogP contribution is 2.25. The van der Waals surface area contributed by atoms with Gasteiger partial charge in [-0.25, -0.2) is 4.79 Å². The van der Waals surface area contributed by atoms with Crippen LogP contribution >= 0.6 is 0 Å². The highest BCUT2D eigenvalue weighted by atomic mass is 16.4. The molecule has 0 fully saturated rings. The van der Waals surface area contributed by atoms with Gasteiger partial charge in [0.15, 0.2) is 0 Å². The summed E-state index contributed by atoms with van der Waals surface area (Å²) in [6, 6.07) is -0.152. The van der Waals surface area contributed by atoms with E-state index in [4.69, 9.17) is 5.11 Å². The van der Waals surface area contributed by atoms with E-state index in [-0.39, 0.29) is 17.9 Å². The van der Waals surface area contributed by atoms with Crippen molar-refractivity contribution >= 4 is 12.0 Å². The number of aliphatic carboxylic acids is 1. The number of carbonyl (C=O) groups excluding carboxylic acids is 1. The van der Waals surface area contributed by atoms with E-state index >= 15 is 0 Å². The Bertz CT molecular complexity index is 252. The lowest BCUT2D eigenvalue weighted by atomic mass is 9.84. The fraction of sp³-hybridized carbons (Fsp3) is 0.833. The van der Waals surface area contributed by atoms with Crippen molar-refractivity contribution in [1.82, 2.24) is 10.6 Å². The molecule has 0 aliphatic rings. The average molecular weight is 244 g/mol. The molecule has 0 aromatic rings. The Morgan fingerprint density at radius 2 is 1.71 bits per heavy atom. The van der Waals surface area contributed by atoms with Gasteiger partial charge in [0.2, 0.25) is 0 Å². The Balaban J connectivity index is 3.70. The van der Waals surface area contributed by atoms with Crippen molar-refractivity contribution in [2.24, 2.45) is 5.41 Å². The van der Waals surface area contributed by atoms with E-state index in [0.29, 0.717) is 19.5 Å². The van der Waals surface area contributed by atoms with Gasteiger partial charge in [-0.15, -0.1) is 0 Å². The number of carbonyl (C=O) groups is 2. The lowest BCUT2D eigenvalue weighted by molar-refractivity contribution is -0.137. The first kappa shape index (κ1) is 15.7. The lowest BCUT2D eigenvalue weighted by Crippen LogP contribution is -2.37. The first-order chi connectivity index (χ1) is 7.87. The Labute approximate surface area is 103 Å². The van der Waals surface area contributed by atoms with Crippen molar-refractivity contribution in [1.29, 1.82) is 0 Å². The third-order valence-corrected chi connectivity index (χ3v) is 2.64. The summed E-state index contributed by atoms with van der Waals surface area (Å²) in [5, 5.41) is 14.1. The number of urea groups is 1. The molecule has 0 bridgehead atoms. The van der Waals surface area contributed by atoms with E-state index < -0.39 is 5.97 Å². The summed E-state index contributed by atoms with van der Waals surface area (Å²) in [5.41, 5.74) is -0.0591. The minimum Gasteiger partial charge on any atom is -0.481 e. The van der Waals surface area contributed by atoms with Gasteiger partial charge in [-0.05, 0) is 24.7 Å². The summed E-state index contributed by atoms with van der Waals surface area (Å²) in [6.45, 7) is 7.27. The topological polar surface area (TPSA) is 78.4 Å². The molecule has 5 nitrogen and oxygen atoms in total. The number of carboxylic acid groups (broad SMARTS) is 1. The van der Waals surface area contributed by atoms with Crippen molar-refractivity contribution in [2.75, 3.05) is 13.1 Å². The predicted molar refractivity (Wildman–Crippen MR) is 67.0 cm³/mol. The third kappa shape index (κ3) is 9.66. The molecular weight excluding hydrogens is 220 g/mol.